The SMILES string of the molecule is COC(=O)c1nn(PI)c2ncc(C)cc12. The zero-order valence-electron chi connectivity index (χ0n) is 8.69. The number of aromatic nitrogens is 3. The molecule has 0 aliphatic carbocycles. The van der Waals surface area contributed by atoms with Crippen LogP contribution in [0.5, 0.6) is 0 Å². The lowest BCUT2D eigenvalue weighted by atomic mass is 10.2. The number of methoxy groups -OCH3 is 1. The summed E-state index contributed by atoms with van der Waals surface area (Å²) in [5.41, 5.74) is 2.05. The van der Waals surface area contributed by atoms with Gasteiger partial charge in [-0.1, -0.05) is 0 Å². The third kappa shape index (κ3) is 1.91. The Hall–Kier alpha value is -0.750. The highest BCUT2D eigenvalue weighted by atomic mass is 127. The molecule has 1 unspecified atom stereocenters. The lowest BCUT2D eigenvalue weighted by molar-refractivity contribution is 0.0596. The molecule has 84 valence electrons. The molecule has 2 heterocycles. The second kappa shape index (κ2) is 4.63. The number of halogens is 1. The van der Waals surface area contributed by atoms with E-state index in [0.717, 1.165) is 16.6 Å². The maximum absolute atomic E-state index is 11.5. The summed E-state index contributed by atoms with van der Waals surface area (Å²) >= 11 is 2.20. The summed E-state index contributed by atoms with van der Waals surface area (Å²) in [6, 6.07) is 1.90. The number of pyridine rings is 1. The van der Waals surface area contributed by atoms with Crippen molar-refractivity contribution in [1.82, 2.24) is 14.5 Å². The van der Waals surface area contributed by atoms with Gasteiger partial charge in [0.25, 0.3) is 0 Å². The second-order valence-electron chi connectivity index (χ2n) is 3.22. The Balaban J connectivity index is 2.73. The van der Waals surface area contributed by atoms with Crippen molar-refractivity contribution in [2.24, 2.45) is 0 Å². The largest absolute Gasteiger partial charge is 0.464 e. The van der Waals surface area contributed by atoms with Crippen molar-refractivity contribution in [1.29, 1.82) is 0 Å². The monoisotopic (exact) mass is 349 g/mol. The van der Waals surface area contributed by atoms with E-state index in [4.69, 9.17) is 4.74 Å². The van der Waals surface area contributed by atoms with Gasteiger partial charge in [-0.25, -0.2) is 14.2 Å². The second-order valence-corrected chi connectivity index (χ2v) is 5.26. The maximum Gasteiger partial charge on any atom is 0.359 e. The number of carbonyl (C=O) groups excluding carboxylic acids is 1. The van der Waals surface area contributed by atoms with Gasteiger partial charge in [0.05, 0.1) is 18.9 Å². The van der Waals surface area contributed by atoms with E-state index in [9.17, 15) is 4.79 Å². The molecule has 0 saturated heterocycles. The Labute approximate surface area is 107 Å². The van der Waals surface area contributed by atoms with E-state index in [0.29, 0.717) is 12.1 Å². The molecule has 0 saturated carbocycles. The van der Waals surface area contributed by atoms with Gasteiger partial charge in [0.2, 0.25) is 0 Å². The Kier molecular flexibility index (Phi) is 3.39. The van der Waals surface area contributed by atoms with Crippen LogP contribution < -0.4 is 0 Å². The van der Waals surface area contributed by atoms with E-state index >= 15 is 0 Å². The molecule has 2 aromatic heterocycles. The fraction of sp³-hybridized carbons (Fsp3) is 0.222. The quantitative estimate of drug-likeness (QED) is 0.474. The van der Waals surface area contributed by atoms with Crippen molar-refractivity contribution >= 4 is 45.4 Å². The molecule has 5 nitrogen and oxygen atoms in total. The Morgan fingerprint density at radius 3 is 3.00 bits per heavy atom. The standard InChI is InChI=1S/C9H9IN3O2P/c1-5-3-6-7(9(14)15-2)12-13(16-10)8(6)11-4-5/h3-4,16H,1-2H3. The van der Waals surface area contributed by atoms with Crippen LogP contribution in [0.25, 0.3) is 11.0 Å². The smallest absolute Gasteiger partial charge is 0.359 e. The van der Waals surface area contributed by atoms with Gasteiger partial charge >= 0.3 is 5.97 Å². The molecule has 0 amide bonds. The first-order valence-electron chi connectivity index (χ1n) is 4.47. The molecular formula is C9H9IN3O2P. The van der Waals surface area contributed by atoms with Gasteiger partial charge in [-0.2, -0.15) is 5.10 Å². The number of hydrogen-bond donors (Lipinski definition) is 0. The minimum Gasteiger partial charge on any atom is -0.464 e. The van der Waals surface area contributed by atoms with Gasteiger partial charge in [0.15, 0.2) is 11.3 Å². The van der Waals surface area contributed by atoms with Gasteiger partial charge in [0, 0.05) is 6.20 Å². The highest BCUT2D eigenvalue weighted by molar-refractivity contribution is 14.2. The van der Waals surface area contributed by atoms with Crippen molar-refractivity contribution in [3.63, 3.8) is 0 Å². The van der Waals surface area contributed by atoms with Crippen LogP contribution in [0, 0.1) is 6.92 Å². The van der Waals surface area contributed by atoms with E-state index < -0.39 is 5.97 Å². The zero-order chi connectivity index (χ0) is 11.7. The van der Waals surface area contributed by atoms with Gasteiger partial charge in [-0.3, -0.25) is 0 Å². The number of esters is 1. The molecule has 0 fully saturated rings. The molecule has 7 heteroatoms. The Morgan fingerprint density at radius 1 is 1.62 bits per heavy atom. The molecule has 2 aromatic rings. The molecule has 0 aromatic carbocycles. The molecular weight excluding hydrogens is 340 g/mol. The summed E-state index contributed by atoms with van der Waals surface area (Å²) in [6.45, 7) is 1.93. The van der Waals surface area contributed by atoms with Crippen LogP contribution in [0.3, 0.4) is 0 Å². The minimum absolute atomic E-state index is 0.331. The van der Waals surface area contributed by atoms with Crippen LogP contribution in [0.4, 0.5) is 0 Å². The van der Waals surface area contributed by atoms with Gasteiger partial charge in [0.1, 0.15) is 0 Å². The van der Waals surface area contributed by atoms with Crippen molar-refractivity contribution in [2.45, 2.75) is 6.92 Å². The maximum atomic E-state index is 11.5. The Morgan fingerprint density at radius 2 is 2.38 bits per heavy atom. The minimum atomic E-state index is -0.425. The molecule has 0 aliphatic heterocycles. The topological polar surface area (TPSA) is 57.0 Å². The van der Waals surface area contributed by atoms with Crippen LogP contribution in [-0.4, -0.2) is 27.6 Å². The first kappa shape index (κ1) is 11.7. The summed E-state index contributed by atoms with van der Waals surface area (Å²) in [5, 5.41) is 4.95. The van der Waals surface area contributed by atoms with Crippen molar-refractivity contribution in [2.75, 3.05) is 7.11 Å². The molecule has 0 spiro atoms. The number of hydrogen-bond acceptors (Lipinski definition) is 4. The summed E-state index contributed by atoms with van der Waals surface area (Å²) < 4.78 is 6.41. The van der Waals surface area contributed by atoms with Crippen molar-refractivity contribution < 1.29 is 9.53 Å². The number of rotatable bonds is 2. The highest BCUT2D eigenvalue weighted by Gasteiger charge is 2.18. The number of nitrogens with zero attached hydrogens (tertiary/aromatic N) is 3. The molecule has 0 bridgehead atoms. The first-order valence-corrected chi connectivity index (χ1v) is 8.54. The number of fused-ring (bicyclic) bond motifs is 1. The molecule has 0 aliphatic rings. The number of carbonyl (C=O) groups is 1. The van der Waals surface area contributed by atoms with E-state index in [-0.39, 0.29) is 0 Å². The third-order valence-corrected chi connectivity index (χ3v) is 3.96. The predicted octanol–water partition coefficient (Wildman–Crippen LogP) is 2.32. The van der Waals surface area contributed by atoms with E-state index in [1.165, 1.54) is 7.11 Å². The average Bonchev–Trinajstić information content (AvgIpc) is 2.66. The van der Waals surface area contributed by atoms with E-state index in [1.807, 2.05) is 13.0 Å². The molecule has 1 atom stereocenters. The molecule has 16 heavy (non-hydrogen) atoms. The summed E-state index contributed by atoms with van der Waals surface area (Å²) in [5.74, 6) is -0.425. The lowest BCUT2D eigenvalue weighted by Crippen LogP contribution is -2.02. The first-order chi connectivity index (χ1) is 7.67. The van der Waals surface area contributed by atoms with E-state index in [2.05, 4.69) is 32.1 Å². The normalized spacial score (nSPS) is 11.4. The summed E-state index contributed by atoms with van der Waals surface area (Å²) in [6.07, 6.45) is 2.16. The van der Waals surface area contributed by atoms with Crippen LogP contribution in [0.1, 0.15) is 16.1 Å². The van der Waals surface area contributed by atoms with Gasteiger partial charge in [-0.05, 0) is 40.6 Å². The van der Waals surface area contributed by atoms with Gasteiger partial charge < -0.3 is 4.74 Å². The van der Waals surface area contributed by atoms with E-state index in [1.54, 1.807) is 10.6 Å². The predicted molar refractivity (Wildman–Crippen MR) is 71.3 cm³/mol. The fourth-order valence-corrected chi connectivity index (χ4v) is 2.82. The molecule has 0 radical (unpaired) electrons. The van der Waals surface area contributed by atoms with Crippen LogP contribution in [0.15, 0.2) is 12.3 Å². The number of ether oxygens (including phenoxy) is 1. The third-order valence-electron chi connectivity index (χ3n) is 2.12. The Bertz CT molecular complexity index is 555. The number of aryl methyl sites for hydroxylation is 1. The van der Waals surface area contributed by atoms with Crippen LogP contribution in [0.2, 0.25) is 0 Å². The average molecular weight is 349 g/mol. The van der Waals surface area contributed by atoms with Crippen LogP contribution >= 0.6 is 28.4 Å². The zero-order valence-corrected chi connectivity index (χ0v) is 11.8. The van der Waals surface area contributed by atoms with Crippen molar-refractivity contribution in [3.8, 4) is 0 Å². The fourth-order valence-electron chi connectivity index (χ4n) is 1.41. The van der Waals surface area contributed by atoms with Crippen LogP contribution in [-0.2, 0) is 4.74 Å². The van der Waals surface area contributed by atoms with Crippen molar-refractivity contribution in [3.05, 3.63) is 23.5 Å². The van der Waals surface area contributed by atoms with Gasteiger partial charge in [-0.15, -0.1) is 0 Å². The lowest BCUT2D eigenvalue weighted by Gasteiger charge is -1.96. The highest BCUT2D eigenvalue weighted by Crippen LogP contribution is 2.29. The molecule has 2 rings (SSSR count). The molecule has 0 N–H and O–H groups in total. The summed E-state index contributed by atoms with van der Waals surface area (Å²) in [7, 11) is 1.35. The summed E-state index contributed by atoms with van der Waals surface area (Å²) in [4.78, 5) is 15.8.